The van der Waals surface area contributed by atoms with Crippen LogP contribution in [0.5, 0.6) is 0 Å². The van der Waals surface area contributed by atoms with Crippen LogP contribution in [0.2, 0.25) is 10.0 Å². The molecule has 1 heterocycles. The van der Waals surface area contributed by atoms with Gasteiger partial charge in [-0.15, -0.1) is 0 Å². The first-order valence-electron chi connectivity index (χ1n) is 10.1. The lowest BCUT2D eigenvalue weighted by Gasteiger charge is -2.25. The lowest BCUT2D eigenvalue weighted by atomic mass is 9.94. The van der Waals surface area contributed by atoms with Gasteiger partial charge in [-0.05, 0) is 42.0 Å². The maximum Gasteiger partial charge on any atom is 0.142 e. The molecule has 1 aromatic heterocycles. The number of hydrogen-bond donors (Lipinski definition) is 2. The summed E-state index contributed by atoms with van der Waals surface area (Å²) < 4.78 is 0. The van der Waals surface area contributed by atoms with Crippen molar-refractivity contribution in [3.8, 4) is 22.4 Å². The molecule has 0 aliphatic rings. The molecule has 3 aromatic carbocycles. The molecule has 0 aliphatic heterocycles. The van der Waals surface area contributed by atoms with Crippen LogP contribution < -0.4 is 10.2 Å². The Bertz CT molecular complexity index is 1240. The van der Waals surface area contributed by atoms with Crippen LogP contribution in [0.25, 0.3) is 22.4 Å². The average Bonchev–Trinajstić information content (AvgIpc) is 2.80. The van der Waals surface area contributed by atoms with Gasteiger partial charge in [0.1, 0.15) is 5.82 Å². The molecule has 0 bridgehead atoms. The quantitative estimate of drug-likeness (QED) is 0.292. The van der Waals surface area contributed by atoms with E-state index >= 15 is 0 Å². The molecular weight excluding hydrogens is 439 g/mol. The Balaban J connectivity index is 2.05. The van der Waals surface area contributed by atoms with Gasteiger partial charge in [-0.2, -0.15) is 0 Å². The fraction of sp³-hybridized carbons (Fsp3) is 0.0769. The molecule has 0 spiro atoms. The highest BCUT2D eigenvalue weighted by atomic mass is 35.5. The minimum absolute atomic E-state index is 0.609. The lowest BCUT2D eigenvalue weighted by molar-refractivity contribution is 1.12. The van der Waals surface area contributed by atoms with Crippen molar-refractivity contribution >= 4 is 46.6 Å². The van der Waals surface area contributed by atoms with Crippen LogP contribution >= 0.6 is 23.2 Å². The van der Waals surface area contributed by atoms with E-state index in [0.717, 1.165) is 33.8 Å². The van der Waals surface area contributed by atoms with Crippen molar-refractivity contribution in [1.82, 2.24) is 4.98 Å². The van der Waals surface area contributed by atoms with Gasteiger partial charge in [0, 0.05) is 47.2 Å². The minimum atomic E-state index is 0.609. The number of benzene rings is 3. The van der Waals surface area contributed by atoms with Gasteiger partial charge in [0.05, 0.1) is 16.9 Å². The second-order valence-electron chi connectivity index (χ2n) is 7.49. The number of nitrogens with zero attached hydrogens (tertiary/aromatic N) is 2. The highest BCUT2D eigenvalue weighted by Gasteiger charge is 2.22. The number of halogens is 2. The highest BCUT2D eigenvalue weighted by Crippen LogP contribution is 2.43. The number of rotatable bonds is 6. The predicted octanol–water partition coefficient (Wildman–Crippen LogP) is 7.53. The minimum Gasteiger partial charge on any atom is -0.376 e. The van der Waals surface area contributed by atoms with Crippen molar-refractivity contribution in [3.63, 3.8) is 0 Å². The Morgan fingerprint density at radius 2 is 1.38 bits per heavy atom. The molecule has 2 N–H and O–H groups in total. The summed E-state index contributed by atoms with van der Waals surface area (Å²) in [5, 5.41) is 12.9. The normalized spacial score (nSPS) is 10.6. The molecule has 4 nitrogen and oxygen atoms in total. The van der Waals surface area contributed by atoms with E-state index in [9.17, 15) is 0 Å². The lowest BCUT2D eigenvalue weighted by Crippen LogP contribution is -2.16. The molecule has 0 atom stereocenters. The molecule has 0 amide bonds. The van der Waals surface area contributed by atoms with Crippen LogP contribution in [0.4, 0.5) is 17.2 Å². The highest BCUT2D eigenvalue weighted by molar-refractivity contribution is 6.31. The molecule has 160 valence electrons. The number of hydrogen-bond acceptors (Lipinski definition) is 4. The summed E-state index contributed by atoms with van der Waals surface area (Å²) >= 11 is 12.3. The molecule has 4 aromatic rings. The Morgan fingerprint density at radius 3 is 1.91 bits per heavy atom. The van der Waals surface area contributed by atoms with Crippen molar-refractivity contribution in [3.05, 3.63) is 94.5 Å². The number of anilines is 3. The standard InChI is InChI=1S/C26H22Cl2N4/c1-32(2)25-22(16-29)26(30-21-6-4-3-5-7-21)31-24(18-10-14-20(28)15-11-18)23(25)17-8-12-19(27)13-9-17/h3-16,29H,1-2H3,(H,30,31). The van der Waals surface area contributed by atoms with Crippen LogP contribution in [0.3, 0.4) is 0 Å². The zero-order valence-electron chi connectivity index (χ0n) is 17.7. The van der Waals surface area contributed by atoms with Crippen LogP contribution in [-0.4, -0.2) is 25.3 Å². The van der Waals surface area contributed by atoms with Gasteiger partial charge in [0.15, 0.2) is 0 Å². The van der Waals surface area contributed by atoms with E-state index in [2.05, 4.69) is 5.32 Å². The fourth-order valence-corrected chi connectivity index (χ4v) is 3.90. The number of para-hydroxylation sites is 1. The summed E-state index contributed by atoms with van der Waals surface area (Å²) in [6.45, 7) is 0. The van der Waals surface area contributed by atoms with E-state index in [4.69, 9.17) is 33.6 Å². The van der Waals surface area contributed by atoms with Crippen LogP contribution in [0, 0.1) is 5.41 Å². The zero-order chi connectivity index (χ0) is 22.7. The zero-order valence-corrected chi connectivity index (χ0v) is 19.2. The van der Waals surface area contributed by atoms with Crippen molar-refractivity contribution in [1.29, 1.82) is 5.41 Å². The van der Waals surface area contributed by atoms with Crippen molar-refractivity contribution < 1.29 is 0 Å². The monoisotopic (exact) mass is 460 g/mol. The largest absolute Gasteiger partial charge is 0.376 e. The summed E-state index contributed by atoms with van der Waals surface area (Å²) in [5.41, 5.74) is 6.08. The molecule has 0 saturated carbocycles. The number of nitrogens with one attached hydrogen (secondary N) is 2. The summed E-state index contributed by atoms with van der Waals surface area (Å²) in [6.07, 6.45) is 1.35. The van der Waals surface area contributed by atoms with E-state index in [1.54, 1.807) is 0 Å². The molecule has 0 radical (unpaired) electrons. The first kappa shape index (κ1) is 21.9. The molecule has 0 saturated heterocycles. The number of aromatic nitrogens is 1. The summed E-state index contributed by atoms with van der Waals surface area (Å²) in [6, 6.07) is 25.1. The Labute approximate surface area is 198 Å². The second-order valence-corrected chi connectivity index (χ2v) is 8.36. The summed E-state index contributed by atoms with van der Waals surface area (Å²) in [5.74, 6) is 0.609. The van der Waals surface area contributed by atoms with Crippen LogP contribution in [-0.2, 0) is 0 Å². The molecule has 0 unspecified atom stereocenters. The maximum absolute atomic E-state index is 8.21. The third-order valence-electron chi connectivity index (χ3n) is 5.09. The molecule has 32 heavy (non-hydrogen) atoms. The Morgan fingerprint density at radius 1 is 0.812 bits per heavy atom. The van der Waals surface area contributed by atoms with Gasteiger partial charge in [0.25, 0.3) is 0 Å². The Hall–Kier alpha value is -3.34. The van der Waals surface area contributed by atoms with Gasteiger partial charge in [0.2, 0.25) is 0 Å². The van der Waals surface area contributed by atoms with E-state index in [0.29, 0.717) is 21.4 Å². The van der Waals surface area contributed by atoms with Gasteiger partial charge in [-0.25, -0.2) is 4.98 Å². The van der Waals surface area contributed by atoms with E-state index in [1.807, 2.05) is 97.9 Å². The third-order valence-corrected chi connectivity index (χ3v) is 5.59. The SMILES string of the molecule is CN(C)c1c(C=N)c(Nc2ccccc2)nc(-c2ccc(Cl)cc2)c1-c1ccc(Cl)cc1. The first-order valence-corrected chi connectivity index (χ1v) is 10.8. The molecule has 0 fully saturated rings. The van der Waals surface area contributed by atoms with Crippen LogP contribution in [0.15, 0.2) is 78.9 Å². The smallest absolute Gasteiger partial charge is 0.142 e. The Kier molecular flexibility index (Phi) is 6.45. The van der Waals surface area contributed by atoms with Gasteiger partial charge < -0.3 is 15.6 Å². The first-order chi connectivity index (χ1) is 15.5. The third kappa shape index (κ3) is 4.47. The van der Waals surface area contributed by atoms with Crippen LogP contribution in [0.1, 0.15) is 5.56 Å². The van der Waals surface area contributed by atoms with Crippen molar-refractivity contribution in [2.24, 2.45) is 0 Å². The second kappa shape index (κ2) is 9.43. The van der Waals surface area contributed by atoms with E-state index in [-0.39, 0.29) is 0 Å². The van der Waals surface area contributed by atoms with E-state index in [1.165, 1.54) is 6.21 Å². The van der Waals surface area contributed by atoms with Gasteiger partial charge >= 0.3 is 0 Å². The molecule has 6 heteroatoms. The molecular formula is C26H22Cl2N4. The van der Waals surface area contributed by atoms with Crippen molar-refractivity contribution in [2.45, 2.75) is 0 Å². The average molecular weight is 461 g/mol. The predicted molar refractivity (Wildman–Crippen MR) is 137 cm³/mol. The van der Waals surface area contributed by atoms with Gasteiger partial charge in [-0.1, -0.05) is 65.7 Å². The summed E-state index contributed by atoms with van der Waals surface area (Å²) in [4.78, 5) is 7.03. The van der Waals surface area contributed by atoms with E-state index < -0.39 is 0 Å². The van der Waals surface area contributed by atoms with Crippen molar-refractivity contribution in [2.75, 3.05) is 24.3 Å². The van der Waals surface area contributed by atoms with Gasteiger partial charge in [-0.3, -0.25) is 0 Å². The molecule has 4 rings (SSSR count). The molecule has 0 aliphatic carbocycles. The fourth-order valence-electron chi connectivity index (χ4n) is 3.65. The maximum atomic E-state index is 8.21. The topological polar surface area (TPSA) is 52.0 Å². The number of pyridine rings is 1. The summed E-state index contributed by atoms with van der Waals surface area (Å²) in [7, 11) is 3.94.